The minimum atomic E-state index is -0.307. The molecule has 0 aromatic carbocycles. The van der Waals surface area contributed by atoms with Gasteiger partial charge in [0, 0.05) is 19.3 Å². The summed E-state index contributed by atoms with van der Waals surface area (Å²) in [4.78, 5) is 16.1. The summed E-state index contributed by atoms with van der Waals surface area (Å²) in [5, 5.41) is 0. The van der Waals surface area contributed by atoms with Gasteiger partial charge in [-0.1, -0.05) is 12.2 Å². The highest BCUT2D eigenvalue weighted by Crippen LogP contribution is 2.14. The lowest BCUT2D eigenvalue weighted by Crippen LogP contribution is -2.30. The Hall–Kier alpha value is -1.36. The normalized spacial score (nSPS) is 15.3. The van der Waals surface area contributed by atoms with Crippen molar-refractivity contribution in [2.75, 3.05) is 13.1 Å². The van der Waals surface area contributed by atoms with Crippen LogP contribution in [0.4, 0.5) is 4.79 Å². The maximum atomic E-state index is 11.6. The minimum absolute atomic E-state index is 0.307. The molecule has 1 aromatic rings. The molecule has 1 aliphatic rings. The van der Waals surface area contributed by atoms with E-state index in [0.29, 0.717) is 10.4 Å². The second-order valence-corrected chi connectivity index (χ2v) is 3.83. The molecule has 5 heteroatoms. The maximum Gasteiger partial charge on any atom is 0.415 e. The fourth-order valence-electron chi connectivity index (χ4n) is 1.54. The third-order valence-corrected chi connectivity index (χ3v) is 2.66. The van der Waals surface area contributed by atoms with Gasteiger partial charge >= 0.3 is 6.09 Å². The number of aromatic amines is 1. The molecule has 1 amide bonds. The van der Waals surface area contributed by atoms with Gasteiger partial charge in [-0.05, 0) is 25.0 Å². The average Bonchev–Trinajstić information content (AvgIpc) is 2.74. The predicted molar refractivity (Wildman–Crippen MR) is 58.5 cm³/mol. The summed E-state index contributed by atoms with van der Waals surface area (Å²) in [7, 11) is 0. The van der Waals surface area contributed by atoms with E-state index in [4.69, 9.17) is 17.0 Å². The quantitative estimate of drug-likeness (QED) is 0.745. The van der Waals surface area contributed by atoms with Crippen molar-refractivity contribution in [3.05, 3.63) is 23.0 Å². The molecule has 0 unspecified atom stereocenters. The Morgan fingerprint density at radius 2 is 2.20 bits per heavy atom. The van der Waals surface area contributed by atoms with Gasteiger partial charge in [0.25, 0.3) is 0 Å². The molecule has 1 aromatic heterocycles. The molecule has 0 atom stereocenters. The Morgan fingerprint density at radius 1 is 1.47 bits per heavy atom. The lowest BCUT2D eigenvalue weighted by atomic mass is 10.4. The first-order chi connectivity index (χ1) is 7.27. The summed E-state index contributed by atoms with van der Waals surface area (Å²) in [6, 6.07) is 3.44. The van der Waals surface area contributed by atoms with Crippen LogP contribution in [0.5, 0.6) is 5.75 Å². The van der Waals surface area contributed by atoms with Gasteiger partial charge in [-0.25, -0.2) is 4.79 Å². The molecule has 0 aliphatic carbocycles. The fourth-order valence-corrected chi connectivity index (χ4v) is 1.72. The molecular weight excluding hydrogens is 212 g/mol. The van der Waals surface area contributed by atoms with Crippen LogP contribution < -0.4 is 4.74 Å². The summed E-state index contributed by atoms with van der Waals surface area (Å²) in [5.74, 6) is 0.421. The zero-order valence-electron chi connectivity index (χ0n) is 8.23. The van der Waals surface area contributed by atoms with E-state index in [9.17, 15) is 4.79 Å². The number of nitrogens with one attached hydrogen (secondary N) is 1. The summed E-state index contributed by atoms with van der Waals surface area (Å²) in [6.45, 7) is 1.56. The molecule has 0 bridgehead atoms. The van der Waals surface area contributed by atoms with Crippen molar-refractivity contribution in [3.8, 4) is 5.75 Å². The van der Waals surface area contributed by atoms with E-state index in [1.165, 1.54) is 0 Å². The lowest BCUT2D eigenvalue weighted by molar-refractivity contribution is 0.162. The van der Waals surface area contributed by atoms with Gasteiger partial charge in [-0.3, -0.25) is 0 Å². The number of carbonyl (C=O) groups is 1. The van der Waals surface area contributed by atoms with Crippen LogP contribution in [0.15, 0.2) is 18.3 Å². The standard InChI is InChI=1S/C10H12N2O2S/c13-10(12-6-1-2-7-12)14-8-4-3-5-11-9(8)15/h3-5H,1-2,6-7H2,(H,11,15). The zero-order chi connectivity index (χ0) is 10.7. The molecule has 0 saturated carbocycles. The number of ether oxygens (including phenoxy) is 1. The van der Waals surface area contributed by atoms with Crippen LogP contribution in [-0.4, -0.2) is 29.1 Å². The van der Waals surface area contributed by atoms with Crippen LogP contribution >= 0.6 is 12.2 Å². The van der Waals surface area contributed by atoms with E-state index in [-0.39, 0.29) is 6.09 Å². The first-order valence-electron chi connectivity index (χ1n) is 4.92. The summed E-state index contributed by atoms with van der Waals surface area (Å²) < 4.78 is 5.63. The topological polar surface area (TPSA) is 45.3 Å². The monoisotopic (exact) mass is 224 g/mol. The number of rotatable bonds is 1. The van der Waals surface area contributed by atoms with Crippen molar-refractivity contribution < 1.29 is 9.53 Å². The lowest BCUT2D eigenvalue weighted by Gasteiger charge is -2.14. The SMILES string of the molecule is O=C(Oc1ccc[nH]c1=S)N1CCCC1. The Morgan fingerprint density at radius 3 is 2.87 bits per heavy atom. The molecule has 80 valence electrons. The zero-order valence-corrected chi connectivity index (χ0v) is 9.05. The summed E-state index contributed by atoms with van der Waals surface area (Å²) in [5.41, 5.74) is 0. The smallest absolute Gasteiger partial charge is 0.407 e. The van der Waals surface area contributed by atoms with Gasteiger partial charge in [0.15, 0.2) is 5.75 Å². The maximum absolute atomic E-state index is 11.6. The van der Waals surface area contributed by atoms with Crippen LogP contribution in [0.2, 0.25) is 0 Å². The van der Waals surface area contributed by atoms with E-state index in [0.717, 1.165) is 25.9 Å². The van der Waals surface area contributed by atoms with Crippen molar-refractivity contribution in [1.29, 1.82) is 0 Å². The molecule has 1 saturated heterocycles. The van der Waals surface area contributed by atoms with E-state index in [1.54, 1.807) is 23.2 Å². The van der Waals surface area contributed by atoms with Crippen LogP contribution in [0.25, 0.3) is 0 Å². The van der Waals surface area contributed by atoms with Gasteiger partial charge in [-0.2, -0.15) is 0 Å². The fraction of sp³-hybridized carbons (Fsp3) is 0.400. The van der Waals surface area contributed by atoms with Crippen LogP contribution in [-0.2, 0) is 0 Å². The van der Waals surface area contributed by atoms with Gasteiger partial charge in [0.05, 0.1) is 0 Å². The number of pyridine rings is 1. The Bertz CT molecular complexity index is 410. The second kappa shape index (κ2) is 4.44. The van der Waals surface area contributed by atoms with Gasteiger partial charge in [0.1, 0.15) is 4.64 Å². The van der Waals surface area contributed by atoms with Gasteiger partial charge in [0.2, 0.25) is 0 Å². The Kier molecular flexibility index (Phi) is 3.01. The highest BCUT2D eigenvalue weighted by molar-refractivity contribution is 7.71. The Balaban J connectivity index is 2.05. The third-order valence-electron chi connectivity index (χ3n) is 2.34. The summed E-state index contributed by atoms with van der Waals surface area (Å²) >= 11 is 4.99. The van der Waals surface area contributed by atoms with Crippen molar-refractivity contribution in [2.45, 2.75) is 12.8 Å². The van der Waals surface area contributed by atoms with E-state index in [1.807, 2.05) is 0 Å². The van der Waals surface area contributed by atoms with Crippen LogP contribution in [0, 0.1) is 4.64 Å². The molecule has 15 heavy (non-hydrogen) atoms. The molecule has 0 radical (unpaired) electrons. The number of carbonyl (C=O) groups excluding carboxylic acids is 1. The minimum Gasteiger partial charge on any atom is -0.407 e. The van der Waals surface area contributed by atoms with Crippen LogP contribution in [0.1, 0.15) is 12.8 Å². The van der Waals surface area contributed by atoms with Gasteiger partial charge in [-0.15, -0.1) is 0 Å². The number of aromatic nitrogens is 1. The molecule has 1 aliphatic heterocycles. The average molecular weight is 224 g/mol. The second-order valence-electron chi connectivity index (χ2n) is 3.43. The van der Waals surface area contributed by atoms with E-state index < -0.39 is 0 Å². The largest absolute Gasteiger partial charge is 0.415 e. The van der Waals surface area contributed by atoms with E-state index >= 15 is 0 Å². The number of H-pyrrole nitrogens is 1. The predicted octanol–water partition coefficient (Wildman–Crippen LogP) is 2.34. The van der Waals surface area contributed by atoms with Crippen molar-refractivity contribution in [1.82, 2.24) is 9.88 Å². The molecule has 2 heterocycles. The number of hydrogen-bond donors (Lipinski definition) is 1. The first-order valence-corrected chi connectivity index (χ1v) is 5.32. The molecule has 1 N–H and O–H groups in total. The molecule has 2 rings (SSSR count). The van der Waals surface area contributed by atoms with Gasteiger partial charge < -0.3 is 14.6 Å². The van der Waals surface area contributed by atoms with Crippen molar-refractivity contribution in [3.63, 3.8) is 0 Å². The first kappa shape index (κ1) is 10.2. The number of amides is 1. The third kappa shape index (κ3) is 2.36. The molecular formula is C10H12N2O2S. The summed E-state index contributed by atoms with van der Waals surface area (Å²) in [6.07, 6.45) is 3.50. The molecule has 4 nitrogen and oxygen atoms in total. The number of nitrogens with zero attached hydrogens (tertiary/aromatic N) is 1. The van der Waals surface area contributed by atoms with Crippen molar-refractivity contribution >= 4 is 18.3 Å². The van der Waals surface area contributed by atoms with Crippen molar-refractivity contribution in [2.24, 2.45) is 0 Å². The molecule has 0 spiro atoms. The number of hydrogen-bond acceptors (Lipinski definition) is 3. The molecule has 1 fully saturated rings. The van der Waals surface area contributed by atoms with E-state index in [2.05, 4.69) is 4.98 Å². The highest BCUT2D eigenvalue weighted by Gasteiger charge is 2.19. The Labute approximate surface area is 92.9 Å². The van der Waals surface area contributed by atoms with Crippen LogP contribution in [0.3, 0.4) is 0 Å². The number of likely N-dealkylation sites (tertiary alicyclic amines) is 1. The highest BCUT2D eigenvalue weighted by atomic mass is 32.1.